The number of rotatable bonds is 5. The Labute approximate surface area is 166 Å². The third kappa shape index (κ3) is 3.31. The Hall–Kier alpha value is -2.64. The molecule has 0 unspecified atom stereocenters. The number of aryl methyl sites for hydroxylation is 1. The molecule has 1 aliphatic carbocycles. The first-order valence-corrected chi connectivity index (χ1v) is 9.60. The number of hydrogen-bond donors (Lipinski definition) is 3. The standard InChI is InChI=1S/C20H21ClN4O3/c1-10-3-4-13(7-14(10)21)15-8-25-18(20(28)23-15)16(12-5-6-12)17(24-25)19(27)22-11(2)9-26/h3-4,7-8,11-12,26H,5-6,9H2,1-2H3,(H,22,27)(H,23,28)/t11-/m0/s1. The van der Waals surface area contributed by atoms with Crippen molar-refractivity contribution in [2.75, 3.05) is 6.61 Å². The fraction of sp³-hybridized carbons (Fsp3) is 0.350. The van der Waals surface area contributed by atoms with Crippen LogP contribution in [-0.4, -0.2) is 38.3 Å². The summed E-state index contributed by atoms with van der Waals surface area (Å²) in [4.78, 5) is 28.4. The van der Waals surface area contributed by atoms with Crippen LogP contribution in [0.5, 0.6) is 0 Å². The Morgan fingerprint density at radius 2 is 2.21 bits per heavy atom. The van der Waals surface area contributed by atoms with E-state index < -0.39 is 6.04 Å². The maximum absolute atomic E-state index is 12.9. The summed E-state index contributed by atoms with van der Waals surface area (Å²) in [6.45, 7) is 3.44. The van der Waals surface area contributed by atoms with Crippen molar-refractivity contribution in [1.29, 1.82) is 0 Å². The van der Waals surface area contributed by atoms with Crippen molar-refractivity contribution in [1.82, 2.24) is 19.9 Å². The zero-order valence-corrected chi connectivity index (χ0v) is 16.4. The average Bonchev–Trinajstić information content (AvgIpc) is 3.43. The van der Waals surface area contributed by atoms with E-state index in [4.69, 9.17) is 11.6 Å². The quantitative estimate of drug-likeness (QED) is 0.613. The summed E-state index contributed by atoms with van der Waals surface area (Å²) in [6, 6.07) is 5.15. The van der Waals surface area contributed by atoms with Gasteiger partial charge in [0.25, 0.3) is 11.5 Å². The number of hydrogen-bond acceptors (Lipinski definition) is 4. The van der Waals surface area contributed by atoms with Gasteiger partial charge in [-0.05, 0) is 44.2 Å². The van der Waals surface area contributed by atoms with Crippen LogP contribution in [0.1, 0.15) is 47.3 Å². The minimum Gasteiger partial charge on any atom is -0.394 e. The first kappa shape index (κ1) is 18.7. The minimum absolute atomic E-state index is 0.156. The number of nitrogens with zero attached hydrogens (tertiary/aromatic N) is 2. The molecule has 8 heteroatoms. The summed E-state index contributed by atoms with van der Waals surface area (Å²) in [7, 11) is 0. The fourth-order valence-electron chi connectivity index (χ4n) is 3.27. The van der Waals surface area contributed by atoms with Crippen molar-refractivity contribution in [2.24, 2.45) is 0 Å². The third-order valence-electron chi connectivity index (χ3n) is 5.00. The molecule has 0 bridgehead atoms. The van der Waals surface area contributed by atoms with E-state index in [2.05, 4.69) is 15.4 Å². The van der Waals surface area contributed by atoms with E-state index in [1.807, 2.05) is 19.1 Å². The number of fused-ring (bicyclic) bond motifs is 1. The Bertz CT molecular complexity index is 1130. The molecule has 146 valence electrons. The van der Waals surface area contributed by atoms with Gasteiger partial charge in [-0.15, -0.1) is 0 Å². The number of aliphatic hydroxyl groups excluding tert-OH is 1. The van der Waals surface area contributed by atoms with Crippen molar-refractivity contribution in [2.45, 2.75) is 38.6 Å². The number of nitrogens with one attached hydrogen (secondary N) is 2. The molecule has 0 radical (unpaired) electrons. The molecule has 0 saturated heterocycles. The van der Waals surface area contributed by atoms with Gasteiger partial charge in [-0.2, -0.15) is 5.10 Å². The lowest BCUT2D eigenvalue weighted by Crippen LogP contribution is -2.35. The number of halogens is 1. The molecular formula is C20H21ClN4O3. The van der Waals surface area contributed by atoms with Gasteiger partial charge in [-0.25, -0.2) is 4.52 Å². The van der Waals surface area contributed by atoms with Crippen molar-refractivity contribution in [3.8, 4) is 11.3 Å². The summed E-state index contributed by atoms with van der Waals surface area (Å²) in [5.74, 6) is -0.227. The maximum atomic E-state index is 12.9. The van der Waals surface area contributed by atoms with Gasteiger partial charge in [0.2, 0.25) is 0 Å². The molecule has 1 fully saturated rings. The monoisotopic (exact) mass is 400 g/mol. The molecule has 0 spiro atoms. The summed E-state index contributed by atoms with van der Waals surface area (Å²) < 4.78 is 1.48. The second-order valence-corrected chi connectivity index (χ2v) is 7.75. The second-order valence-electron chi connectivity index (χ2n) is 7.35. The zero-order valence-electron chi connectivity index (χ0n) is 15.6. The van der Waals surface area contributed by atoms with Crippen LogP contribution < -0.4 is 10.9 Å². The van der Waals surface area contributed by atoms with E-state index in [9.17, 15) is 14.7 Å². The second kappa shape index (κ2) is 7.07. The SMILES string of the molecule is Cc1ccc(-c2cn3nc(C(=O)N[C@@H](C)CO)c(C4CC4)c3c(=O)[nH]2)cc1Cl. The van der Waals surface area contributed by atoms with Crippen molar-refractivity contribution < 1.29 is 9.90 Å². The predicted molar refractivity (Wildman–Crippen MR) is 107 cm³/mol. The number of benzene rings is 1. The highest BCUT2D eigenvalue weighted by Crippen LogP contribution is 2.43. The molecule has 3 aromatic rings. The Kier molecular flexibility index (Phi) is 4.72. The molecule has 3 N–H and O–H groups in total. The van der Waals surface area contributed by atoms with Crippen LogP contribution in [0.2, 0.25) is 5.02 Å². The molecule has 28 heavy (non-hydrogen) atoms. The van der Waals surface area contributed by atoms with Gasteiger partial charge in [0.05, 0.1) is 18.5 Å². The molecular weight excluding hydrogens is 380 g/mol. The van der Waals surface area contributed by atoms with Gasteiger partial charge in [0.15, 0.2) is 5.69 Å². The van der Waals surface area contributed by atoms with Crippen LogP contribution in [0.4, 0.5) is 0 Å². The van der Waals surface area contributed by atoms with E-state index >= 15 is 0 Å². The topological polar surface area (TPSA) is 99.5 Å². The van der Waals surface area contributed by atoms with Gasteiger partial charge in [-0.1, -0.05) is 23.7 Å². The lowest BCUT2D eigenvalue weighted by Gasteiger charge is -2.09. The minimum atomic E-state index is -0.395. The van der Waals surface area contributed by atoms with Crippen LogP contribution in [-0.2, 0) is 0 Å². The van der Waals surface area contributed by atoms with E-state index in [0.717, 1.165) is 24.0 Å². The van der Waals surface area contributed by atoms with Gasteiger partial charge in [0.1, 0.15) is 5.52 Å². The molecule has 1 saturated carbocycles. The highest BCUT2D eigenvalue weighted by atomic mass is 35.5. The van der Waals surface area contributed by atoms with Crippen molar-refractivity contribution in [3.05, 3.63) is 56.6 Å². The highest BCUT2D eigenvalue weighted by Gasteiger charge is 2.34. The Morgan fingerprint density at radius 1 is 1.46 bits per heavy atom. The van der Waals surface area contributed by atoms with Gasteiger partial charge >= 0.3 is 0 Å². The Balaban J connectivity index is 1.85. The average molecular weight is 401 g/mol. The fourth-order valence-corrected chi connectivity index (χ4v) is 3.45. The highest BCUT2D eigenvalue weighted by molar-refractivity contribution is 6.31. The summed E-state index contributed by atoms with van der Waals surface area (Å²) in [6.07, 6.45) is 3.55. The number of aromatic amines is 1. The van der Waals surface area contributed by atoms with Crippen molar-refractivity contribution in [3.63, 3.8) is 0 Å². The van der Waals surface area contributed by atoms with E-state index in [1.165, 1.54) is 4.52 Å². The number of aromatic nitrogens is 3. The van der Waals surface area contributed by atoms with Gasteiger partial charge in [0, 0.05) is 22.2 Å². The molecule has 0 aliphatic heterocycles. The number of carbonyl (C=O) groups excluding carboxylic acids is 1. The first-order valence-electron chi connectivity index (χ1n) is 9.23. The van der Waals surface area contributed by atoms with E-state index in [1.54, 1.807) is 19.2 Å². The smallest absolute Gasteiger partial charge is 0.274 e. The molecule has 1 amide bonds. The van der Waals surface area contributed by atoms with Gasteiger partial charge < -0.3 is 15.4 Å². The lowest BCUT2D eigenvalue weighted by molar-refractivity contribution is 0.0916. The molecule has 1 aliphatic rings. The Morgan fingerprint density at radius 3 is 2.86 bits per heavy atom. The largest absolute Gasteiger partial charge is 0.394 e. The number of aliphatic hydroxyl groups is 1. The molecule has 2 heterocycles. The molecule has 1 aromatic carbocycles. The van der Waals surface area contributed by atoms with Crippen LogP contribution in [0.15, 0.2) is 29.2 Å². The van der Waals surface area contributed by atoms with Crippen molar-refractivity contribution >= 4 is 23.0 Å². The lowest BCUT2D eigenvalue weighted by atomic mass is 10.1. The summed E-state index contributed by atoms with van der Waals surface area (Å²) >= 11 is 6.22. The van der Waals surface area contributed by atoms with Crippen LogP contribution >= 0.6 is 11.6 Å². The zero-order chi connectivity index (χ0) is 20.0. The number of amides is 1. The number of H-pyrrole nitrogens is 1. The predicted octanol–water partition coefficient (Wildman–Crippen LogP) is 2.64. The summed E-state index contributed by atoms with van der Waals surface area (Å²) in [5, 5.41) is 16.9. The molecule has 7 nitrogen and oxygen atoms in total. The van der Waals surface area contributed by atoms with Crippen LogP contribution in [0.25, 0.3) is 16.8 Å². The van der Waals surface area contributed by atoms with E-state index in [0.29, 0.717) is 21.8 Å². The van der Waals surface area contributed by atoms with Gasteiger partial charge in [-0.3, -0.25) is 9.59 Å². The van der Waals surface area contributed by atoms with E-state index in [-0.39, 0.29) is 29.7 Å². The molecule has 4 rings (SSSR count). The summed E-state index contributed by atoms with van der Waals surface area (Å²) in [5.41, 5.74) is 3.30. The molecule has 1 atom stereocenters. The first-order chi connectivity index (χ1) is 13.4. The number of carbonyl (C=O) groups is 1. The normalized spacial score (nSPS) is 15.0. The maximum Gasteiger partial charge on any atom is 0.274 e. The third-order valence-corrected chi connectivity index (χ3v) is 5.40. The molecule has 2 aromatic heterocycles. The van der Waals surface area contributed by atoms with Crippen LogP contribution in [0.3, 0.4) is 0 Å². The van der Waals surface area contributed by atoms with Crippen LogP contribution in [0, 0.1) is 6.92 Å².